The van der Waals surface area contributed by atoms with Gasteiger partial charge in [-0.2, -0.15) is 11.8 Å². The summed E-state index contributed by atoms with van der Waals surface area (Å²) in [5, 5.41) is 32.3. The molecule has 0 aromatic carbocycles. The molecule has 0 bridgehead atoms. The van der Waals surface area contributed by atoms with Crippen LogP contribution in [0.25, 0.3) is 0 Å². The van der Waals surface area contributed by atoms with E-state index in [9.17, 15) is 24.6 Å². The van der Waals surface area contributed by atoms with E-state index in [-0.39, 0.29) is 0 Å². The summed E-state index contributed by atoms with van der Waals surface area (Å²) in [6.07, 6.45) is -0.355. The van der Waals surface area contributed by atoms with Gasteiger partial charge in [-0.05, 0) is 32.3 Å². The summed E-state index contributed by atoms with van der Waals surface area (Å²) in [6.45, 7) is 2.48. The SMILES string of the molecule is CSCC[C@H](N)C(=O)N[C@H](C(=O)N[C@H](C(=O)O)[C@@H](C)O)[C@@H](C)O. The van der Waals surface area contributed by atoms with Crippen molar-refractivity contribution in [2.45, 2.75) is 50.6 Å². The van der Waals surface area contributed by atoms with E-state index in [0.29, 0.717) is 12.2 Å². The van der Waals surface area contributed by atoms with Crippen LogP contribution in [-0.4, -0.2) is 75.4 Å². The summed E-state index contributed by atoms with van der Waals surface area (Å²) in [5.74, 6) is -2.31. The fraction of sp³-hybridized carbons (Fsp3) is 0.769. The highest BCUT2D eigenvalue weighted by Crippen LogP contribution is 2.02. The third kappa shape index (κ3) is 7.64. The number of aliphatic hydroxyl groups is 2. The molecule has 9 nitrogen and oxygen atoms in total. The van der Waals surface area contributed by atoms with E-state index >= 15 is 0 Å². The van der Waals surface area contributed by atoms with Gasteiger partial charge in [0.2, 0.25) is 11.8 Å². The lowest BCUT2D eigenvalue weighted by molar-refractivity contribution is -0.145. The molecule has 0 spiro atoms. The first kappa shape index (κ1) is 21.6. The van der Waals surface area contributed by atoms with Crippen molar-refractivity contribution >= 4 is 29.5 Å². The Bertz CT molecular complexity index is 419. The minimum absolute atomic E-state index is 0.395. The van der Waals surface area contributed by atoms with Gasteiger partial charge in [0.05, 0.1) is 18.2 Å². The van der Waals surface area contributed by atoms with Gasteiger partial charge < -0.3 is 31.7 Å². The van der Waals surface area contributed by atoms with Gasteiger partial charge >= 0.3 is 5.97 Å². The Morgan fingerprint density at radius 3 is 1.91 bits per heavy atom. The Morgan fingerprint density at radius 1 is 1.04 bits per heavy atom. The van der Waals surface area contributed by atoms with Gasteiger partial charge in [0, 0.05) is 0 Å². The molecule has 134 valence electrons. The molecule has 0 saturated heterocycles. The quantitative estimate of drug-likeness (QED) is 0.260. The van der Waals surface area contributed by atoms with E-state index in [1.165, 1.54) is 25.6 Å². The molecule has 0 rings (SSSR count). The highest BCUT2D eigenvalue weighted by atomic mass is 32.2. The number of carbonyl (C=O) groups excluding carboxylic acids is 2. The number of hydrogen-bond acceptors (Lipinski definition) is 7. The van der Waals surface area contributed by atoms with E-state index in [0.717, 1.165) is 0 Å². The maximum Gasteiger partial charge on any atom is 0.328 e. The molecule has 23 heavy (non-hydrogen) atoms. The lowest BCUT2D eigenvalue weighted by atomic mass is 10.1. The van der Waals surface area contributed by atoms with Crippen molar-refractivity contribution in [2.24, 2.45) is 5.73 Å². The van der Waals surface area contributed by atoms with Crippen molar-refractivity contribution < 1.29 is 29.7 Å². The number of amides is 2. The van der Waals surface area contributed by atoms with E-state index in [1.54, 1.807) is 0 Å². The third-order valence-electron chi connectivity index (χ3n) is 3.08. The average Bonchev–Trinajstić information content (AvgIpc) is 2.45. The Kier molecular flexibility index (Phi) is 9.80. The summed E-state index contributed by atoms with van der Waals surface area (Å²) in [7, 11) is 0. The Labute approximate surface area is 139 Å². The first-order valence-corrected chi connectivity index (χ1v) is 8.45. The fourth-order valence-corrected chi connectivity index (χ4v) is 2.16. The van der Waals surface area contributed by atoms with E-state index in [4.69, 9.17) is 10.8 Å². The number of thioether (sulfide) groups is 1. The maximum atomic E-state index is 12.1. The van der Waals surface area contributed by atoms with Crippen LogP contribution in [0.3, 0.4) is 0 Å². The molecule has 0 aromatic rings. The summed E-state index contributed by atoms with van der Waals surface area (Å²) in [4.78, 5) is 35.0. The molecular weight excluding hydrogens is 326 g/mol. The van der Waals surface area contributed by atoms with E-state index in [1.807, 2.05) is 6.26 Å². The number of carbonyl (C=O) groups is 3. The summed E-state index contributed by atoms with van der Waals surface area (Å²) < 4.78 is 0. The summed E-state index contributed by atoms with van der Waals surface area (Å²) in [6, 6.07) is -3.77. The molecule has 0 heterocycles. The fourth-order valence-electron chi connectivity index (χ4n) is 1.67. The van der Waals surface area contributed by atoms with Gasteiger partial charge in [0.15, 0.2) is 6.04 Å². The van der Waals surface area contributed by atoms with Crippen LogP contribution in [0.5, 0.6) is 0 Å². The van der Waals surface area contributed by atoms with Crippen LogP contribution < -0.4 is 16.4 Å². The van der Waals surface area contributed by atoms with Gasteiger partial charge in [-0.25, -0.2) is 4.79 Å². The van der Waals surface area contributed by atoms with Gasteiger partial charge in [-0.15, -0.1) is 0 Å². The number of carboxylic acid groups (broad SMARTS) is 1. The van der Waals surface area contributed by atoms with Crippen molar-refractivity contribution in [1.29, 1.82) is 0 Å². The minimum Gasteiger partial charge on any atom is -0.480 e. The van der Waals surface area contributed by atoms with Gasteiger partial charge in [-0.3, -0.25) is 9.59 Å². The highest BCUT2D eigenvalue weighted by Gasteiger charge is 2.32. The monoisotopic (exact) mass is 351 g/mol. The second-order valence-electron chi connectivity index (χ2n) is 5.18. The van der Waals surface area contributed by atoms with Crippen molar-refractivity contribution in [1.82, 2.24) is 10.6 Å². The lowest BCUT2D eigenvalue weighted by Crippen LogP contribution is -2.59. The van der Waals surface area contributed by atoms with E-state index < -0.39 is 48.1 Å². The Balaban J connectivity index is 4.87. The Morgan fingerprint density at radius 2 is 1.52 bits per heavy atom. The van der Waals surface area contributed by atoms with Crippen LogP contribution in [0, 0.1) is 0 Å². The molecule has 0 saturated carbocycles. The van der Waals surface area contributed by atoms with Crippen LogP contribution in [-0.2, 0) is 14.4 Å². The van der Waals surface area contributed by atoms with Crippen LogP contribution in [0.2, 0.25) is 0 Å². The second-order valence-corrected chi connectivity index (χ2v) is 6.17. The lowest BCUT2D eigenvalue weighted by Gasteiger charge is -2.25. The van der Waals surface area contributed by atoms with Gasteiger partial charge in [0.1, 0.15) is 6.04 Å². The smallest absolute Gasteiger partial charge is 0.328 e. The van der Waals surface area contributed by atoms with E-state index in [2.05, 4.69) is 10.6 Å². The minimum atomic E-state index is -1.55. The average molecular weight is 351 g/mol. The predicted molar refractivity (Wildman–Crippen MR) is 85.8 cm³/mol. The van der Waals surface area contributed by atoms with Crippen LogP contribution in [0.15, 0.2) is 0 Å². The summed E-state index contributed by atoms with van der Waals surface area (Å²) in [5.41, 5.74) is 5.68. The molecule has 5 atom stereocenters. The second kappa shape index (κ2) is 10.4. The van der Waals surface area contributed by atoms with Crippen LogP contribution in [0.1, 0.15) is 20.3 Å². The molecule has 10 heteroatoms. The van der Waals surface area contributed by atoms with Crippen molar-refractivity contribution in [3.8, 4) is 0 Å². The third-order valence-corrected chi connectivity index (χ3v) is 3.72. The molecule has 0 aliphatic rings. The highest BCUT2D eigenvalue weighted by molar-refractivity contribution is 7.98. The molecule has 2 amide bonds. The topological polar surface area (TPSA) is 162 Å². The predicted octanol–water partition coefficient (Wildman–Crippen LogP) is -2.12. The number of nitrogens with two attached hydrogens (primary N) is 1. The zero-order chi connectivity index (χ0) is 18.2. The maximum absolute atomic E-state index is 12.1. The normalized spacial score (nSPS) is 17.5. The molecular formula is C13H25N3O6S. The molecule has 0 aliphatic carbocycles. The number of aliphatic hydroxyl groups excluding tert-OH is 2. The van der Waals surface area contributed by atoms with Crippen LogP contribution in [0.4, 0.5) is 0 Å². The van der Waals surface area contributed by atoms with Crippen molar-refractivity contribution in [3.05, 3.63) is 0 Å². The zero-order valence-electron chi connectivity index (χ0n) is 13.4. The molecule has 7 N–H and O–H groups in total. The number of nitrogens with one attached hydrogen (secondary N) is 2. The number of hydrogen-bond donors (Lipinski definition) is 6. The molecule has 0 fully saturated rings. The Hall–Kier alpha value is -1.36. The zero-order valence-corrected chi connectivity index (χ0v) is 14.2. The first-order chi connectivity index (χ1) is 10.6. The van der Waals surface area contributed by atoms with Gasteiger partial charge in [0.25, 0.3) is 0 Å². The molecule has 0 unspecified atom stereocenters. The standard InChI is InChI=1S/C13H25N3O6S/c1-6(17)9(15-11(19)8(14)4-5-23-3)12(20)16-10(7(2)18)13(21)22/h6-10,17-18H,4-5,14H2,1-3H3,(H,15,19)(H,16,20)(H,21,22)/t6-,7-,8+,9+,10+/m1/s1. The molecule has 0 aliphatic heterocycles. The molecule has 0 radical (unpaired) electrons. The first-order valence-electron chi connectivity index (χ1n) is 7.06. The summed E-state index contributed by atoms with van der Waals surface area (Å²) >= 11 is 1.51. The van der Waals surface area contributed by atoms with Crippen LogP contribution >= 0.6 is 11.8 Å². The largest absolute Gasteiger partial charge is 0.480 e. The molecule has 0 aromatic heterocycles. The van der Waals surface area contributed by atoms with Crippen molar-refractivity contribution in [3.63, 3.8) is 0 Å². The number of carboxylic acids is 1. The number of rotatable bonds is 10. The van der Waals surface area contributed by atoms with Crippen molar-refractivity contribution in [2.75, 3.05) is 12.0 Å². The number of aliphatic carboxylic acids is 1. The van der Waals surface area contributed by atoms with Gasteiger partial charge in [-0.1, -0.05) is 0 Å².